The van der Waals surface area contributed by atoms with Crippen molar-refractivity contribution in [2.24, 2.45) is 5.92 Å². The van der Waals surface area contributed by atoms with E-state index in [0.717, 1.165) is 25.9 Å². The van der Waals surface area contributed by atoms with Crippen molar-refractivity contribution in [1.29, 1.82) is 0 Å². The van der Waals surface area contributed by atoms with Crippen LogP contribution in [0.2, 0.25) is 0 Å². The van der Waals surface area contributed by atoms with E-state index in [1.807, 2.05) is 11.8 Å². The van der Waals surface area contributed by atoms with Gasteiger partial charge in [0.15, 0.2) is 0 Å². The molecule has 0 bridgehead atoms. The van der Waals surface area contributed by atoms with Crippen LogP contribution in [-0.2, 0) is 14.4 Å². The van der Waals surface area contributed by atoms with Crippen molar-refractivity contribution in [2.45, 2.75) is 26.7 Å². The monoisotopic (exact) mass is 324 g/mol. The van der Waals surface area contributed by atoms with Crippen molar-refractivity contribution in [3.8, 4) is 0 Å². The lowest BCUT2D eigenvalue weighted by Gasteiger charge is -2.36. The van der Waals surface area contributed by atoms with Gasteiger partial charge in [-0.2, -0.15) is 0 Å². The Hall–Kier alpha value is -1.63. The molecule has 2 saturated heterocycles. The lowest BCUT2D eigenvalue weighted by atomic mass is 9.96. The second kappa shape index (κ2) is 8.29. The van der Waals surface area contributed by atoms with Gasteiger partial charge in [-0.25, -0.2) is 0 Å². The van der Waals surface area contributed by atoms with Crippen LogP contribution in [-0.4, -0.2) is 84.8 Å². The minimum atomic E-state index is 0.0736. The van der Waals surface area contributed by atoms with E-state index in [9.17, 15) is 14.4 Å². The van der Waals surface area contributed by atoms with E-state index in [2.05, 4.69) is 10.2 Å². The Kier molecular flexibility index (Phi) is 6.38. The number of hydrogen-bond acceptors (Lipinski definition) is 4. The predicted octanol–water partition coefficient (Wildman–Crippen LogP) is -0.475. The van der Waals surface area contributed by atoms with Crippen molar-refractivity contribution in [3.63, 3.8) is 0 Å². The lowest BCUT2D eigenvalue weighted by Crippen LogP contribution is -2.53. The second-order valence-corrected chi connectivity index (χ2v) is 6.33. The SMILES string of the molecule is CCNC(=O)C1CCN(CC(=O)N2CCN(C(C)=O)CC2)CC1. The van der Waals surface area contributed by atoms with E-state index in [0.29, 0.717) is 39.3 Å². The van der Waals surface area contributed by atoms with Gasteiger partial charge in [-0.1, -0.05) is 0 Å². The van der Waals surface area contributed by atoms with Crippen molar-refractivity contribution in [3.05, 3.63) is 0 Å². The average molecular weight is 324 g/mol. The van der Waals surface area contributed by atoms with Gasteiger partial charge in [-0.15, -0.1) is 0 Å². The minimum absolute atomic E-state index is 0.0736. The molecule has 0 saturated carbocycles. The van der Waals surface area contributed by atoms with Gasteiger partial charge in [0, 0.05) is 45.6 Å². The molecule has 0 radical (unpaired) electrons. The summed E-state index contributed by atoms with van der Waals surface area (Å²) in [5.41, 5.74) is 0. The van der Waals surface area contributed by atoms with E-state index in [-0.39, 0.29) is 23.6 Å². The van der Waals surface area contributed by atoms with Crippen LogP contribution in [0.1, 0.15) is 26.7 Å². The summed E-state index contributed by atoms with van der Waals surface area (Å²) in [6, 6.07) is 0. The summed E-state index contributed by atoms with van der Waals surface area (Å²) in [4.78, 5) is 41.2. The van der Waals surface area contributed by atoms with Gasteiger partial charge in [-0.05, 0) is 32.9 Å². The molecule has 0 aliphatic carbocycles. The maximum Gasteiger partial charge on any atom is 0.236 e. The van der Waals surface area contributed by atoms with Crippen LogP contribution in [0.4, 0.5) is 0 Å². The lowest BCUT2D eigenvalue weighted by molar-refractivity contribution is -0.139. The van der Waals surface area contributed by atoms with Crippen LogP contribution in [0.25, 0.3) is 0 Å². The summed E-state index contributed by atoms with van der Waals surface area (Å²) in [5, 5.41) is 2.87. The maximum atomic E-state index is 12.4. The average Bonchev–Trinajstić information content (AvgIpc) is 2.55. The van der Waals surface area contributed by atoms with E-state index >= 15 is 0 Å². The van der Waals surface area contributed by atoms with Crippen molar-refractivity contribution >= 4 is 17.7 Å². The highest BCUT2D eigenvalue weighted by Crippen LogP contribution is 2.17. The van der Waals surface area contributed by atoms with Gasteiger partial charge in [0.05, 0.1) is 6.54 Å². The van der Waals surface area contributed by atoms with Crippen molar-refractivity contribution in [1.82, 2.24) is 20.0 Å². The fraction of sp³-hybridized carbons (Fsp3) is 0.812. The molecule has 2 heterocycles. The minimum Gasteiger partial charge on any atom is -0.356 e. The molecule has 2 aliphatic rings. The Labute approximate surface area is 138 Å². The summed E-state index contributed by atoms with van der Waals surface area (Å²) in [6.07, 6.45) is 1.63. The van der Waals surface area contributed by atoms with Crippen LogP contribution < -0.4 is 5.32 Å². The van der Waals surface area contributed by atoms with E-state index in [1.54, 1.807) is 11.8 Å². The first-order chi connectivity index (χ1) is 11.0. The standard InChI is InChI=1S/C16H28N4O3/c1-3-17-16(23)14-4-6-18(7-5-14)12-15(22)20-10-8-19(9-11-20)13(2)21/h14H,3-12H2,1-2H3,(H,17,23). The Balaban J connectivity index is 1.71. The third kappa shape index (κ3) is 4.92. The third-order valence-electron chi connectivity index (χ3n) is 4.75. The highest BCUT2D eigenvalue weighted by molar-refractivity contribution is 5.80. The van der Waals surface area contributed by atoms with Gasteiger partial charge in [0.25, 0.3) is 0 Å². The molecule has 1 N–H and O–H groups in total. The van der Waals surface area contributed by atoms with Crippen LogP contribution >= 0.6 is 0 Å². The first-order valence-electron chi connectivity index (χ1n) is 8.54. The number of nitrogens with zero attached hydrogens (tertiary/aromatic N) is 3. The normalized spacial score (nSPS) is 20.4. The molecule has 0 spiro atoms. The fourth-order valence-corrected chi connectivity index (χ4v) is 3.23. The number of amides is 3. The predicted molar refractivity (Wildman–Crippen MR) is 86.7 cm³/mol. The summed E-state index contributed by atoms with van der Waals surface area (Å²) < 4.78 is 0. The summed E-state index contributed by atoms with van der Waals surface area (Å²) in [7, 11) is 0. The molecule has 2 rings (SSSR count). The van der Waals surface area contributed by atoms with Gasteiger partial charge in [-0.3, -0.25) is 19.3 Å². The second-order valence-electron chi connectivity index (χ2n) is 6.33. The zero-order chi connectivity index (χ0) is 16.8. The number of carbonyl (C=O) groups is 3. The van der Waals surface area contributed by atoms with Crippen molar-refractivity contribution < 1.29 is 14.4 Å². The number of nitrogens with one attached hydrogen (secondary N) is 1. The smallest absolute Gasteiger partial charge is 0.236 e. The van der Waals surface area contributed by atoms with Crippen molar-refractivity contribution in [2.75, 3.05) is 52.4 Å². The molecule has 0 unspecified atom stereocenters. The van der Waals surface area contributed by atoms with Gasteiger partial charge < -0.3 is 15.1 Å². The number of likely N-dealkylation sites (tertiary alicyclic amines) is 1. The first-order valence-corrected chi connectivity index (χ1v) is 8.54. The topological polar surface area (TPSA) is 73.0 Å². The molecule has 0 aromatic rings. The molecule has 7 nitrogen and oxygen atoms in total. The molecular weight excluding hydrogens is 296 g/mol. The maximum absolute atomic E-state index is 12.4. The van der Waals surface area contributed by atoms with Gasteiger partial charge in [0.2, 0.25) is 17.7 Å². The third-order valence-corrected chi connectivity index (χ3v) is 4.75. The van der Waals surface area contributed by atoms with Crippen LogP contribution in [0.5, 0.6) is 0 Å². The number of carbonyl (C=O) groups excluding carboxylic acids is 3. The first kappa shape index (κ1) is 17.7. The largest absolute Gasteiger partial charge is 0.356 e. The number of hydrogen-bond donors (Lipinski definition) is 1. The van der Waals surface area contributed by atoms with E-state index in [1.165, 1.54) is 0 Å². The van der Waals surface area contributed by atoms with Crippen LogP contribution in [0.15, 0.2) is 0 Å². The van der Waals surface area contributed by atoms with Crippen LogP contribution in [0.3, 0.4) is 0 Å². The number of rotatable bonds is 4. The molecule has 0 aromatic carbocycles. The Bertz CT molecular complexity index is 439. The Morgan fingerprint density at radius 1 is 0.957 bits per heavy atom. The van der Waals surface area contributed by atoms with E-state index in [4.69, 9.17) is 0 Å². The van der Waals surface area contributed by atoms with Gasteiger partial charge >= 0.3 is 0 Å². The molecule has 7 heteroatoms. The van der Waals surface area contributed by atoms with Gasteiger partial charge in [0.1, 0.15) is 0 Å². The summed E-state index contributed by atoms with van der Waals surface area (Å²) in [5.74, 6) is 0.424. The highest BCUT2D eigenvalue weighted by Gasteiger charge is 2.28. The quantitative estimate of drug-likeness (QED) is 0.758. The molecule has 130 valence electrons. The Morgan fingerprint density at radius 3 is 2.04 bits per heavy atom. The number of piperazine rings is 1. The summed E-state index contributed by atoms with van der Waals surface area (Å²) >= 11 is 0. The highest BCUT2D eigenvalue weighted by atomic mass is 16.2. The number of piperidine rings is 1. The summed E-state index contributed by atoms with van der Waals surface area (Å²) in [6.45, 7) is 8.66. The molecule has 23 heavy (non-hydrogen) atoms. The zero-order valence-corrected chi connectivity index (χ0v) is 14.2. The van der Waals surface area contributed by atoms with Crippen LogP contribution in [0, 0.1) is 5.92 Å². The molecule has 3 amide bonds. The molecular formula is C16H28N4O3. The van der Waals surface area contributed by atoms with E-state index < -0.39 is 0 Å². The molecule has 2 fully saturated rings. The molecule has 0 aromatic heterocycles. The Morgan fingerprint density at radius 2 is 1.52 bits per heavy atom. The molecule has 0 atom stereocenters. The molecule has 2 aliphatic heterocycles. The fourth-order valence-electron chi connectivity index (χ4n) is 3.23. The zero-order valence-electron chi connectivity index (χ0n) is 14.2.